The van der Waals surface area contributed by atoms with E-state index in [-0.39, 0.29) is 11.1 Å². The van der Waals surface area contributed by atoms with Crippen LogP contribution in [0.5, 0.6) is 0 Å². The number of rotatable bonds is 3. The molecule has 4 heterocycles. The summed E-state index contributed by atoms with van der Waals surface area (Å²) in [5.74, 6) is 0. The van der Waals surface area contributed by atoms with Gasteiger partial charge in [0.05, 0.1) is 17.9 Å². The average Bonchev–Trinajstić information content (AvgIpc) is 3.23. The number of hydrogen-bond donors (Lipinski definition) is 0. The highest BCUT2D eigenvalue weighted by atomic mass is 32.2. The van der Waals surface area contributed by atoms with Gasteiger partial charge in [0.25, 0.3) is 10.0 Å². The Bertz CT molecular complexity index is 937. The first-order valence-electron chi connectivity index (χ1n) is 7.53. The fourth-order valence-electron chi connectivity index (χ4n) is 3.12. The van der Waals surface area contributed by atoms with Crippen molar-refractivity contribution in [1.82, 2.24) is 18.7 Å². The van der Waals surface area contributed by atoms with Crippen molar-refractivity contribution >= 4 is 15.7 Å². The van der Waals surface area contributed by atoms with Crippen molar-refractivity contribution in [3.05, 3.63) is 60.7 Å². The zero-order chi connectivity index (χ0) is 15.9. The van der Waals surface area contributed by atoms with Gasteiger partial charge in [-0.2, -0.15) is 4.31 Å². The van der Waals surface area contributed by atoms with Crippen LogP contribution in [-0.4, -0.2) is 33.6 Å². The Morgan fingerprint density at radius 3 is 2.78 bits per heavy atom. The molecule has 0 N–H and O–H groups in total. The molecule has 1 saturated heterocycles. The molecule has 118 valence electrons. The fraction of sp³-hybridized carbons (Fsp3) is 0.250. The van der Waals surface area contributed by atoms with Gasteiger partial charge in [-0.1, -0.05) is 12.1 Å². The minimum atomic E-state index is -3.63. The van der Waals surface area contributed by atoms with E-state index in [0.717, 1.165) is 18.5 Å². The molecule has 0 aromatic carbocycles. The first-order chi connectivity index (χ1) is 11.2. The summed E-state index contributed by atoms with van der Waals surface area (Å²) >= 11 is 0. The molecule has 0 amide bonds. The summed E-state index contributed by atoms with van der Waals surface area (Å²) in [5.41, 5.74) is 1.42. The Labute approximate surface area is 134 Å². The van der Waals surface area contributed by atoms with E-state index in [1.807, 2.05) is 24.3 Å². The zero-order valence-corrected chi connectivity index (χ0v) is 13.2. The van der Waals surface area contributed by atoms with Crippen LogP contribution in [0.3, 0.4) is 0 Å². The Hall–Kier alpha value is -2.25. The number of hydrogen-bond acceptors (Lipinski definition) is 4. The average molecular weight is 328 g/mol. The molecule has 7 heteroatoms. The quantitative estimate of drug-likeness (QED) is 0.739. The van der Waals surface area contributed by atoms with Gasteiger partial charge in [-0.05, 0) is 37.1 Å². The molecule has 0 saturated carbocycles. The third-order valence-electron chi connectivity index (χ3n) is 4.19. The molecule has 6 nitrogen and oxygen atoms in total. The first kappa shape index (κ1) is 14.3. The van der Waals surface area contributed by atoms with E-state index in [0.29, 0.717) is 12.2 Å². The molecule has 1 aliphatic rings. The lowest BCUT2D eigenvalue weighted by Gasteiger charge is -2.23. The van der Waals surface area contributed by atoms with Gasteiger partial charge in [0.15, 0.2) is 5.03 Å². The maximum atomic E-state index is 13.1. The lowest BCUT2D eigenvalue weighted by molar-refractivity contribution is 0.388. The van der Waals surface area contributed by atoms with Gasteiger partial charge in [-0.15, -0.1) is 0 Å². The molecule has 0 radical (unpaired) electrons. The molecular formula is C16H16N4O2S. The summed E-state index contributed by atoms with van der Waals surface area (Å²) in [6.07, 6.45) is 6.47. The molecular weight excluding hydrogens is 312 g/mol. The number of aromatic nitrogens is 3. The zero-order valence-electron chi connectivity index (χ0n) is 12.4. The maximum absolute atomic E-state index is 13.1. The number of fused-ring (bicyclic) bond motifs is 1. The third kappa shape index (κ3) is 2.32. The van der Waals surface area contributed by atoms with Crippen LogP contribution in [0.15, 0.2) is 60.0 Å². The highest BCUT2D eigenvalue weighted by Gasteiger charge is 2.38. The summed E-state index contributed by atoms with van der Waals surface area (Å²) in [6, 6.07) is 10.8. The minimum absolute atomic E-state index is 0.205. The highest BCUT2D eigenvalue weighted by molar-refractivity contribution is 7.89. The summed E-state index contributed by atoms with van der Waals surface area (Å²) < 4.78 is 29.4. The van der Waals surface area contributed by atoms with Crippen LogP contribution in [0.2, 0.25) is 0 Å². The molecule has 1 atom stereocenters. The lowest BCUT2D eigenvalue weighted by Crippen LogP contribution is -2.31. The Morgan fingerprint density at radius 2 is 1.96 bits per heavy atom. The molecule has 1 unspecified atom stereocenters. The predicted octanol–water partition coefficient (Wildman–Crippen LogP) is 2.26. The summed E-state index contributed by atoms with van der Waals surface area (Å²) in [5, 5.41) is 0.205. The Kier molecular flexibility index (Phi) is 3.39. The Balaban J connectivity index is 1.79. The molecule has 4 rings (SSSR count). The van der Waals surface area contributed by atoms with E-state index in [1.54, 1.807) is 33.2 Å². The second-order valence-corrected chi connectivity index (χ2v) is 7.39. The van der Waals surface area contributed by atoms with Crippen LogP contribution >= 0.6 is 0 Å². The molecule has 3 aromatic heterocycles. The molecule has 23 heavy (non-hydrogen) atoms. The van der Waals surface area contributed by atoms with Crippen molar-refractivity contribution < 1.29 is 8.42 Å². The lowest BCUT2D eigenvalue weighted by atomic mass is 10.1. The van der Waals surface area contributed by atoms with Crippen LogP contribution in [0, 0.1) is 0 Å². The Morgan fingerprint density at radius 1 is 1.09 bits per heavy atom. The highest BCUT2D eigenvalue weighted by Crippen LogP contribution is 2.35. The van der Waals surface area contributed by atoms with Crippen molar-refractivity contribution in [2.24, 2.45) is 0 Å². The van der Waals surface area contributed by atoms with Crippen LogP contribution in [0.4, 0.5) is 0 Å². The minimum Gasteiger partial charge on any atom is -0.289 e. The van der Waals surface area contributed by atoms with E-state index < -0.39 is 10.0 Å². The van der Waals surface area contributed by atoms with Gasteiger partial charge < -0.3 is 0 Å². The second kappa shape index (κ2) is 5.43. The van der Waals surface area contributed by atoms with Crippen LogP contribution in [0.25, 0.3) is 5.65 Å². The first-order valence-corrected chi connectivity index (χ1v) is 8.97. The topological polar surface area (TPSA) is 67.6 Å². The summed E-state index contributed by atoms with van der Waals surface area (Å²) in [7, 11) is -3.63. The van der Waals surface area contributed by atoms with Gasteiger partial charge in [0, 0.05) is 18.9 Å². The van der Waals surface area contributed by atoms with Gasteiger partial charge in [-0.25, -0.2) is 13.4 Å². The number of sulfonamides is 1. The fourth-order valence-corrected chi connectivity index (χ4v) is 4.86. The van der Waals surface area contributed by atoms with Crippen LogP contribution < -0.4 is 0 Å². The molecule has 0 aliphatic carbocycles. The van der Waals surface area contributed by atoms with Gasteiger partial charge in [-0.3, -0.25) is 9.38 Å². The van der Waals surface area contributed by atoms with Crippen molar-refractivity contribution in [3.8, 4) is 0 Å². The van der Waals surface area contributed by atoms with E-state index >= 15 is 0 Å². The number of nitrogens with zero attached hydrogens (tertiary/aromatic N) is 4. The van der Waals surface area contributed by atoms with E-state index in [9.17, 15) is 8.42 Å². The van der Waals surface area contributed by atoms with Gasteiger partial charge in [0.1, 0.15) is 5.65 Å². The standard InChI is InChI=1S/C16H16N4O2S/c21-23(22,16-12-18-15-8-2-4-10-19(15)16)20-11-5-7-14(20)13-6-1-3-9-17-13/h1-4,6,8-10,12,14H,5,7,11H2. The number of imidazole rings is 1. The van der Waals surface area contributed by atoms with Crippen molar-refractivity contribution in [3.63, 3.8) is 0 Å². The number of pyridine rings is 2. The molecule has 1 fully saturated rings. The van der Waals surface area contributed by atoms with Gasteiger partial charge in [0.2, 0.25) is 0 Å². The van der Waals surface area contributed by atoms with Gasteiger partial charge >= 0.3 is 0 Å². The summed E-state index contributed by atoms with van der Waals surface area (Å²) in [6.45, 7) is 0.504. The van der Waals surface area contributed by atoms with Crippen LogP contribution in [0.1, 0.15) is 24.6 Å². The van der Waals surface area contributed by atoms with Crippen molar-refractivity contribution in [2.75, 3.05) is 6.54 Å². The molecule has 0 spiro atoms. The maximum Gasteiger partial charge on any atom is 0.261 e. The molecule has 3 aromatic rings. The molecule has 1 aliphatic heterocycles. The second-order valence-electron chi connectivity index (χ2n) is 5.55. The van der Waals surface area contributed by atoms with E-state index in [2.05, 4.69) is 9.97 Å². The van der Waals surface area contributed by atoms with E-state index in [1.165, 1.54) is 6.20 Å². The SMILES string of the molecule is O=S(=O)(c1cnc2ccccn12)N1CCCC1c1ccccn1. The molecule has 0 bridgehead atoms. The van der Waals surface area contributed by atoms with Crippen LogP contribution in [-0.2, 0) is 10.0 Å². The third-order valence-corrected chi connectivity index (χ3v) is 6.07. The monoisotopic (exact) mass is 328 g/mol. The largest absolute Gasteiger partial charge is 0.289 e. The summed E-state index contributed by atoms with van der Waals surface area (Å²) in [4.78, 5) is 8.54. The predicted molar refractivity (Wildman–Crippen MR) is 85.3 cm³/mol. The van der Waals surface area contributed by atoms with Crippen molar-refractivity contribution in [2.45, 2.75) is 23.9 Å². The smallest absolute Gasteiger partial charge is 0.261 e. The normalized spacial score (nSPS) is 19.4. The van der Waals surface area contributed by atoms with E-state index in [4.69, 9.17) is 0 Å². The van der Waals surface area contributed by atoms with Crippen molar-refractivity contribution in [1.29, 1.82) is 0 Å².